The molecule has 33 heavy (non-hydrogen) atoms. The summed E-state index contributed by atoms with van der Waals surface area (Å²) in [7, 11) is -0.498. The van der Waals surface area contributed by atoms with E-state index in [9.17, 15) is 21.6 Å². The average molecular weight is 487 g/mol. The maximum atomic E-state index is 12.8. The van der Waals surface area contributed by atoms with Crippen molar-refractivity contribution in [2.75, 3.05) is 31.6 Å². The van der Waals surface area contributed by atoms with Crippen LogP contribution in [0, 0.1) is 0 Å². The molecular formula is C24H33F3N2O3S. The third-order valence-corrected chi connectivity index (χ3v) is 7.40. The van der Waals surface area contributed by atoms with E-state index in [1.165, 1.54) is 7.05 Å². The molecule has 0 aliphatic carbocycles. The molecule has 2 rings (SSSR count). The number of rotatable bonds is 12. The van der Waals surface area contributed by atoms with Crippen molar-refractivity contribution in [1.82, 2.24) is 4.90 Å². The van der Waals surface area contributed by atoms with E-state index in [2.05, 4.69) is 25.8 Å². The lowest BCUT2D eigenvalue weighted by molar-refractivity contribution is -0.137. The molecule has 0 aliphatic rings. The second-order valence-corrected chi connectivity index (χ2v) is 10.3. The SMILES string of the molecule is CC(C)N(C)CCCCCCOc1ccc(N(C)S(=O)(=O)c2ccc(C(F)(F)F)cc2)cc1. The van der Waals surface area contributed by atoms with Gasteiger partial charge in [0, 0.05) is 13.1 Å². The predicted molar refractivity (Wildman–Crippen MR) is 125 cm³/mol. The van der Waals surface area contributed by atoms with Gasteiger partial charge in [0.1, 0.15) is 5.75 Å². The monoisotopic (exact) mass is 486 g/mol. The summed E-state index contributed by atoms with van der Waals surface area (Å²) in [5, 5.41) is 0. The van der Waals surface area contributed by atoms with Crippen molar-refractivity contribution < 1.29 is 26.3 Å². The van der Waals surface area contributed by atoms with E-state index in [0.29, 0.717) is 24.1 Å². The number of anilines is 1. The van der Waals surface area contributed by atoms with Gasteiger partial charge in [-0.1, -0.05) is 12.8 Å². The van der Waals surface area contributed by atoms with Gasteiger partial charge in [0.15, 0.2) is 0 Å². The van der Waals surface area contributed by atoms with Crippen molar-refractivity contribution in [1.29, 1.82) is 0 Å². The third-order valence-electron chi connectivity index (χ3n) is 5.60. The van der Waals surface area contributed by atoms with E-state index in [-0.39, 0.29) is 4.90 Å². The third kappa shape index (κ3) is 7.92. The summed E-state index contributed by atoms with van der Waals surface area (Å²) >= 11 is 0. The van der Waals surface area contributed by atoms with Crippen LogP contribution in [0.15, 0.2) is 53.4 Å². The fourth-order valence-corrected chi connectivity index (χ4v) is 4.33. The molecule has 0 saturated carbocycles. The maximum absolute atomic E-state index is 12.8. The van der Waals surface area contributed by atoms with Crippen LogP contribution in [-0.4, -0.2) is 46.6 Å². The van der Waals surface area contributed by atoms with Crippen LogP contribution >= 0.6 is 0 Å². The van der Waals surface area contributed by atoms with Gasteiger partial charge in [-0.05, 0) is 88.8 Å². The van der Waals surface area contributed by atoms with Crippen molar-refractivity contribution in [2.45, 2.75) is 56.6 Å². The van der Waals surface area contributed by atoms with Gasteiger partial charge >= 0.3 is 6.18 Å². The zero-order valence-corrected chi connectivity index (χ0v) is 20.4. The number of alkyl halides is 3. The minimum atomic E-state index is -4.52. The van der Waals surface area contributed by atoms with Crippen LogP contribution in [0.3, 0.4) is 0 Å². The highest BCUT2D eigenvalue weighted by Gasteiger charge is 2.31. The molecule has 0 N–H and O–H groups in total. The Morgan fingerprint density at radius 3 is 2.00 bits per heavy atom. The number of nitrogens with zero attached hydrogens (tertiary/aromatic N) is 2. The van der Waals surface area contributed by atoms with E-state index in [1.54, 1.807) is 24.3 Å². The largest absolute Gasteiger partial charge is 0.494 e. The number of unbranched alkanes of at least 4 members (excludes halogenated alkanes) is 3. The average Bonchev–Trinajstić information content (AvgIpc) is 2.77. The second kappa shape index (κ2) is 11.7. The molecule has 184 valence electrons. The second-order valence-electron chi connectivity index (χ2n) is 8.33. The number of hydrogen-bond donors (Lipinski definition) is 0. The van der Waals surface area contributed by atoms with E-state index >= 15 is 0 Å². The zero-order valence-electron chi connectivity index (χ0n) is 19.6. The molecule has 2 aromatic rings. The highest BCUT2D eigenvalue weighted by molar-refractivity contribution is 7.92. The van der Waals surface area contributed by atoms with Crippen molar-refractivity contribution in [2.24, 2.45) is 0 Å². The van der Waals surface area contributed by atoms with Crippen molar-refractivity contribution in [3.05, 3.63) is 54.1 Å². The molecule has 0 atom stereocenters. The summed E-state index contributed by atoms with van der Waals surface area (Å²) in [5.41, 5.74) is -0.509. The van der Waals surface area contributed by atoms with Crippen molar-refractivity contribution in [3.8, 4) is 5.75 Å². The normalized spacial score (nSPS) is 12.4. The van der Waals surface area contributed by atoms with Crippen LogP contribution in [0.4, 0.5) is 18.9 Å². The molecule has 0 heterocycles. The minimum absolute atomic E-state index is 0.210. The van der Waals surface area contributed by atoms with Crippen LogP contribution in [0.25, 0.3) is 0 Å². The van der Waals surface area contributed by atoms with E-state index in [1.807, 2.05) is 0 Å². The molecule has 0 amide bonds. The lowest BCUT2D eigenvalue weighted by Gasteiger charge is -2.20. The van der Waals surface area contributed by atoms with Crippen molar-refractivity contribution in [3.63, 3.8) is 0 Å². The summed E-state index contributed by atoms with van der Waals surface area (Å²) < 4.78 is 70.5. The summed E-state index contributed by atoms with van der Waals surface area (Å²) in [4.78, 5) is 2.12. The topological polar surface area (TPSA) is 49.9 Å². The van der Waals surface area contributed by atoms with E-state index < -0.39 is 21.8 Å². The first-order valence-corrected chi connectivity index (χ1v) is 12.5. The molecular weight excluding hydrogens is 453 g/mol. The summed E-state index contributed by atoms with van der Waals surface area (Å²) in [6, 6.07) is 10.6. The number of halogens is 3. The lowest BCUT2D eigenvalue weighted by atomic mass is 10.2. The van der Waals surface area contributed by atoms with Gasteiger partial charge in [0.2, 0.25) is 0 Å². The molecule has 0 fully saturated rings. The predicted octanol–water partition coefficient (Wildman–Crippen LogP) is 5.81. The van der Waals surface area contributed by atoms with Gasteiger partial charge in [-0.25, -0.2) is 8.42 Å². The summed E-state index contributed by atoms with van der Waals surface area (Å²) in [6.45, 7) is 6.03. The molecule has 0 bridgehead atoms. The summed E-state index contributed by atoms with van der Waals surface area (Å²) in [6.07, 6.45) is -0.197. The van der Waals surface area contributed by atoms with Crippen LogP contribution in [0.2, 0.25) is 0 Å². The Kier molecular flexibility index (Phi) is 9.60. The Bertz CT molecular complexity index is 960. The molecule has 0 aliphatic heterocycles. The Morgan fingerprint density at radius 2 is 1.45 bits per heavy atom. The maximum Gasteiger partial charge on any atom is 0.416 e. The fraction of sp³-hybridized carbons (Fsp3) is 0.500. The fourth-order valence-electron chi connectivity index (χ4n) is 3.13. The molecule has 5 nitrogen and oxygen atoms in total. The van der Waals surface area contributed by atoms with Gasteiger partial charge in [-0.15, -0.1) is 0 Å². The Labute approximate surface area is 195 Å². The van der Waals surface area contributed by atoms with Crippen LogP contribution in [0.5, 0.6) is 5.75 Å². The molecule has 2 aromatic carbocycles. The molecule has 0 unspecified atom stereocenters. The van der Waals surface area contributed by atoms with Gasteiger partial charge in [-0.3, -0.25) is 4.31 Å². The van der Waals surface area contributed by atoms with Gasteiger partial charge < -0.3 is 9.64 Å². The number of ether oxygens (including phenoxy) is 1. The zero-order chi connectivity index (χ0) is 24.6. The highest BCUT2D eigenvalue weighted by atomic mass is 32.2. The first-order valence-electron chi connectivity index (χ1n) is 11.0. The van der Waals surface area contributed by atoms with E-state index in [0.717, 1.165) is 60.8 Å². The van der Waals surface area contributed by atoms with Gasteiger partial charge in [-0.2, -0.15) is 13.2 Å². The van der Waals surface area contributed by atoms with Crippen LogP contribution < -0.4 is 9.04 Å². The first kappa shape index (κ1) is 27.0. The van der Waals surface area contributed by atoms with E-state index in [4.69, 9.17) is 4.74 Å². The standard InChI is InChI=1S/C24H33F3N2O3S/c1-19(2)28(3)17-7-5-6-8-18-32-22-13-11-21(12-14-22)29(4)33(30,31)23-15-9-20(10-16-23)24(25,26)27/h9-16,19H,5-8,17-18H2,1-4H3. The van der Waals surface area contributed by atoms with Gasteiger partial charge in [0.25, 0.3) is 10.0 Å². The van der Waals surface area contributed by atoms with Crippen LogP contribution in [-0.2, 0) is 16.2 Å². The number of benzene rings is 2. The Hall–Kier alpha value is -2.26. The molecule has 0 saturated heterocycles. The summed E-state index contributed by atoms with van der Waals surface area (Å²) in [5.74, 6) is 0.638. The minimum Gasteiger partial charge on any atom is -0.494 e. The molecule has 0 aromatic heterocycles. The lowest BCUT2D eigenvalue weighted by Crippen LogP contribution is -2.27. The molecule has 9 heteroatoms. The molecule has 0 radical (unpaired) electrons. The van der Waals surface area contributed by atoms with Gasteiger partial charge in [0.05, 0.1) is 22.8 Å². The highest BCUT2D eigenvalue weighted by Crippen LogP contribution is 2.31. The Morgan fingerprint density at radius 1 is 0.879 bits per heavy atom. The number of sulfonamides is 1. The van der Waals surface area contributed by atoms with Crippen molar-refractivity contribution >= 4 is 15.7 Å². The smallest absolute Gasteiger partial charge is 0.416 e. The van der Waals surface area contributed by atoms with Crippen LogP contribution in [0.1, 0.15) is 45.1 Å². The quantitative estimate of drug-likeness (QED) is 0.355. The Balaban J connectivity index is 1.85. The number of hydrogen-bond acceptors (Lipinski definition) is 4. The molecule has 0 spiro atoms. The first-order chi connectivity index (χ1) is 15.4.